The minimum absolute atomic E-state index is 0.174. The van der Waals surface area contributed by atoms with Crippen molar-refractivity contribution in [3.63, 3.8) is 0 Å². The molecule has 1 unspecified atom stereocenters. The first-order chi connectivity index (χ1) is 20.4. The number of aromatic nitrogens is 2. The highest BCUT2D eigenvalue weighted by Crippen LogP contribution is 2.39. The molecule has 12 heteroatoms. The summed E-state index contributed by atoms with van der Waals surface area (Å²) in [6.45, 7) is 4.28. The summed E-state index contributed by atoms with van der Waals surface area (Å²) in [4.78, 5) is 23.7. The molecule has 220 valence electrons. The number of morpholine rings is 1. The Kier molecular flexibility index (Phi) is 9.25. The number of hydrogen-bond acceptors (Lipinski definition) is 8. The van der Waals surface area contributed by atoms with E-state index in [1.165, 1.54) is 0 Å². The first-order valence-corrected chi connectivity index (χ1v) is 15.0. The fourth-order valence-electron chi connectivity index (χ4n) is 4.73. The molecule has 2 amide bonds. The van der Waals surface area contributed by atoms with Crippen LogP contribution in [0.2, 0.25) is 0 Å². The summed E-state index contributed by atoms with van der Waals surface area (Å²) >= 11 is -1.38. The van der Waals surface area contributed by atoms with Crippen molar-refractivity contribution in [2.75, 3.05) is 61.2 Å². The van der Waals surface area contributed by atoms with Crippen molar-refractivity contribution in [3.8, 4) is 28.3 Å². The summed E-state index contributed by atoms with van der Waals surface area (Å²) in [6, 6.07) is 15.5. The van der Waals surface area contributed by atoms with Gasteiger partial charge in [0.25, 0.3) is 0 Å². The summed E-state index contributed by atoms with van der Waals surface area (Å²) in [7, 11) is 3.10. The van der Waals surface area contributed by atoms with E-state index in [1.807, 2.05) is 25.1 Å². The molecule has 5 rings (SSSR count). The summed E-state index contributed by atoms with van der Waals surface area (Å²) in [5.74, 6) is 1.55. The number of ether oxygens (including phenoxy) is 2. The molecule has 0 spiro atoms. The smallest absolute Gasteiger partial charge is 0.318 e. The Balaban J connectivity index is 1.63. The highest BCUT2D eigenvalue weighted by Gasteiger charge is 2.23. The lowest BCUT2D eigenvalue weighted by molar-refractivity contribution is 0.122. The third-order valence-corrected chi connectivity index (χ3v) is 8.05. The van der Waals surface area contributed by atoms with Gasteiger partial charge in [-0.3, -0.25) is 0 Å². The molecule has 1 saturated heterocycles. The lowest BCUT2D eigenvalue weighted by atomic mass is 10.0. The molecule has 3 aromatic carbocycles. The van der Waals surface area contributed by atoms with E-state index in [0.717, 1.165) is 5.56 Å². The molecule has 42 heavy (non-hydrogen) atoms. The van der Waals surface area contributed by atoms with Gasteiger partial charge in [-0.05, 0) is 54.4 Å². The number of halogens is 1. The van der Waals surface area contributed by atoms with E-state index in [1.54, 1.807) is 50.6 Å². The Hall–Kier alpha value is -4.13. The summed E-state index contributed by atoms with van der Waals surface area (Å²) in [6.07, 6.45) is 0.714. The molecule has 1 fully saturated rings. The average molecular weight is 593 g/mol. The maximum Gasteiger partial charge on any atom is 0.318 e. The van der Waals surface area contributed by atoms with Crippen LogP contribution >= 0.6 is 0 Å². The van der Waals surface area contributed by atoms with Crippen molar-refractivity contribution in [1.82, 2.24) is 15.3 Å². The van der Waals surface area contributed by atoms with Crippen molar-refractivity contribution in [2.24, 2.45) is 0 Å². The predicted molar refractivity (Wildman–Crippen MR) is 165 cm³/mol. The maximum atomic E-state index is 15.7. The molecule has 3 N–H and O–H groups in total. The van der Waals surface area contributed by atoms with Gasteiger partial charge in [-0.25, -0.2) is 23.9 Å². The van der Waals surface area contributed by atoms with Gasteiger partial charge in [0.05, 0.1) is 31.7 Å². The molecule has 1 aromatic heterocycles. The van der Waals surface area contributed by atoms with E-state index in [-0.39, 0.29) is 11.7 Å². The molecule has 0 aliphatic carbocycles. The van der Waals surface area contributed by atoms with Gasteiger partial charge in [-0.15, -0.1) is 0 Å². The van der Waals surface area contributed by atoms with E-state index < -0.39 is 17.2 Å². The maximum absolute atomic E-state index is 15.7. The molecule has 2 heterocycles. The molecule has 10 nitrogen and oxygen atoms in total. The van der Waals surface area contributed by atoms with Gasteiger partial charge < -0.3 is 29.6 Å². The molecular weight excluding hydrogens is 559 g/mol. The van der Waals surface area contributed by atoms with E-state index in [0.29, 0.717) is 83.6 Å². The van der Waals surface area contributed by atoms with E-state index in [9.17, 15) is 9.35 Å². The van der Waals surface area contributed by atoms with Gasteiger partial charge in [-0.2, -0.15) is 0 Å². The van der Waals surface area contributed by atoms with Gasteiger partial charge >= 0.3 is 6.03 Å². The van der Waals surface area contributed by atoms with Crippen molar-refractivity contribution >= 4 is 45.5 Å². The minimum Gasteiger partial charge on any atom is -0.593 e. The van der Waals surface area contributed by atoms with Gasteiger partial charge in [-0.1, -0.05) is 19.1 Å². The van der Waals surface area contributed by atoms with Crippen LogP contribution in [0.15, 0.2) is 54.6 Å². The fourth-order valence-corrected chi connectivity index (χ4v) is 5.61. The van der Waals surface area contributed by atoms with Crippen LogP contribution in [0, 0.1) is 5.82 Å². The third-order valence-electron chi connectivity index (χ3n) is 6.83. The van der Waals surface area contributed by atoms with Gasteiger partial charge in [0.15, 0.2) is 11.6 Å². The standard InChI is InChI=1S/C30H33FN6O4S/c1-4-16-42(39)36-24-7-5-6-22(26(24)31)20-17-23-27(25(18-20)40-3)34-28(35-29(23)37-12-14-41-15-13-37)19-8-10-21(11-9-19)33-30(38)32-2/h5-11,17-18,36H,4,12-16H2,1-3H3,(H2,32,33,38). The zero-order valence-corrected chi connectivity index (χ0v) is 24.5. The Morgan fingerprint density at radius 1 is 1.12 bits per heavy atom. The van der Waals surface area contributed by atoms with E-state index in [4.69, 9.17) is 19.4 Å². The van der Waals surface area contributed by atoms with Gasteiger partial charge in [0.1, 0.15) is 28.5 Å². The highest BCUT2D eigenvalue weighted by molar-refractivity contribution is 7.92. The second-order valence-electron chi connectivity index (χ2n) is 9.65. The minimum atomic E-state index is -1.38. The Labute approximate surface area is 247 Å². The number of rotatable bonds is 9. The number of fused-ring (bicyclic) bond motifs is 1. The molecule has 1 aliphatic rings. The molecular formula is C30H33FN6O4S. The molecule has 0 bridgehead atoms. The SMILES string of the molecule is CCC[S+]([O-])Nc1cccc(-c2cc(OC)c3nc(-c4ccc(NC(=O)NC)cc4)nc(N4CCOCC4)c3c2)c1F. The van der Waals surface area contributed by atoms with Crippen molar-refractivity contribution in [3.05, 3.63) is 60.4 Å². The number of urea groups is 1. The summed E-state index contributed by atoms with van der Waals surface area (Å²) < 4.78 is 42.2. The highest BCUT2D eigenvalue weighted by atomic mass is 32.2. The van der Waals surface area contributed by atoms with Crippen LogP contribution in [0.25, 0.3) is 33.4 Å². The first kappa shape index (κ1) is 29.4. The predicted octanol–water partition coefficient (Wildman–Crippen LogP) is 5.19. The second-order valence-corrected chi connectivity index (χ2v) is 10.9. The Bertz CT molecular complexity index is 1570. The van der Waals surface area contributed by atoms with Crippen LogP contribution in [0.1, 0.15) is 13.3 Å². The zero-order valence-electron chi connectivity index (χ0n) is 23.7. The quantitative estimate of drug-likeness (QED) is 0.227. The van der Waals surface area contributed by atoms with Gasteiger partial charge in [0.2, 0.25) is 0 Å². The van der Waals surface area contributed by atoms with Gasteiger partial charge in [0, 0.05) is 42.3 Å². The van der Waals surface area contributed by atoms with Crippen LogP contribution in [0.4, 0.5) is 26.4 Å². The Morgan fingerprint density at radius 2 is 1.88 bits per heavy atom. The van der Waals surface area contributed by atoms with Crippen molar-refractivity contribution < 1.29 is 23.2 Å². The lowest BCUT2D eigenvalue weighted by Crippen LogP contribution is -2.37. The molecule has 1 aliphatic heterocycles. The van der Waals surface area contributed by atoms with Crippen molar-refractivity contribution in [2.45, 2.75) is 13.3 Å². The molecule has 1 atom stereocenters. The van der Waals surface area contributed by atoms with Crippen molar-refractivity contribution in [1.29, 1.82) is 0 Å². The fraction of sp³-hybridized carbons (Fsp3) is 0.300. The number of carbonyl (C=O) groups excluding carboxylic acids is 1. The number of nitrogens with one attached hydrogen (secondary N) is 3. The molecule has 4 aromatic rings. The number of benzene rings is 3. The number of anilines is 3. The summed E-state index contributed by atoms with van der Waals surface area (Å²) in [5, 5.41) is 5.98. The number of hydrogen-bond donors (Lipinski definition) is 3. The number of methoxy groups -OCH3 is 1. The van der Waals surface area contributed by atoms with Crippen LogP contribution in [0.5, 0.6) is 5.75 Å². The molecule has 0 radical (unpaired) electrons. The Morgan fingerprint density at radius 3 is 2.57 bits per heavy atom. The zero-order chi connectivity index (χ0) is 29.6. The largest absolute Gasteiger partial charge is 0.593 e. The van der Waals surface area contributed by atoms with Crippen LogP contribution in [-0.4, -0.2) is 66.8 Å². The number of carbonyl (C=O) groups is 1. The second kappa shape index (κ2) is 13.2. The average Bonchev–Trinajstić information content (AvgIpc) is 3.02. The molecule has 0 saturated carbocycles. The first-order valence-electron chi connectivity index (χ1n) is 13.7. The number of nitrogens with zero attached hydrogens (tertiary/aromatic N) is 3. The summed E-state index contributed by atoms with van der Waals surface area (Å²) in [5.41, 5.74) is 3.06. The van der Waals surface area contributed by atoms with E-state index >= 15 is 4.39 Å². The normalized spacial score (nSPS) is 14.0. The monoisotopic (exact) mass is 592 g/mol. The van der Waals surface area contributed by atoms with Crippen LogP contribution in [0.3, 0.4) is 0 Å². The topological polar surface area (TPSA) is 124 Å². The lowest BCUT2D eigenvalue weighted by Gasteiger charge is -2.29. The van der Waals surface area contributed by atoms with Crippen LogP contribution in [-0.2, 0) is 16.1 Å². The third kappa shape index (κ3) is 6.35. The van der Waals surface area contributed by atoms with Crippen LogP contribution < -0.4 is 25.0 Å². The van der Waals surface area contributed by atoms with E-state index in [2.05, 4.69) is 20.3 Å². The number of amides is 2.